The Labute approximate surface area is 148 Å². The zero-order chi connectivity index (χ0) is 14.3. The van der Waals surface area contributed by atoms with Gasteiger partial charge in [-0.2, -0.15) is 0 Å². The van der Waals surface area contributed by atoms with Crippen LogP contribution in [0.3, 0.4) is 0 Å². The van der Waals surface area contributed by atoms with Crippen LogP contribution in [-0.2, 0) is 36.5 Å². The van der Waals surface area contributed by atoms with Crippen molar-refractivity contribution in [1.29, 1.82) is 0 Å². The second kappa shape index (κ2) is 31.0. The minimum atomic E-state index is -3.37. The molecule has 0 fully saturated rings. The molecule has 18 heteroatoms. The van der Waals surface area contributed by atoms with Gasteiger partial charge in [-0.1, -0.05) is 0 Å². The first-order chi connectivity index (χ1) is 6.93. The average Bonchev–Trinajstić information content (AvgIpc) is 1.76. The molecule has 0 aliphatic carbocycles. The van der Waals surface area contributed by atoms with E-state index in [0.717, 1.165) is 0 Å². The van der Waals surface area contributed by atoms with Crippen LogP contribution < -0.4 is 78.7 Å². The predicted octanol–water partition coefficient (Wildman–Crippen LogP) is -8.03. The second-order valence-corrected chi connectivity index (χ2v) is 2.68. The summed E-state index contributed by atoms with van der Waals surface area (Å²) in [7, 11) is -13.5. The van der Waals surface area contributed by atoms with E-state index in [1.807, 2.05) is 0 Å². The van der Waals surface area contributed by atoms with Gasteiger partial charge >= 0.3 is 62.0 Å². The molecular weight excluding hydrogens is 362 g/mol. The maximum atomic E-state index is 8.48. The standard InChI is InChI=1S/2Na.4HO3P/c;;4*1-4(2)3/h;;4*(H,1,2,3)/q2*+1;;;;/p-2. The number of rotatable bonds is 0. The van der Waals surface area contributed by atoms with E-state index in [1.54, 1.807) is 0 Å². The summed E-state index contributed by atoms with van der Waals surface area (Å²) in [4.78, 5) is 33.9. The first-order valence-corrected chi connectivity index (χ1v) is 6.57. The summed E-state index contributed by atoms with van der Waals surface area (Å²) in [5.41, 5.74) is 0. The molecule has 0 bridgehead atoms. The van der Waals surface area contributed by atoms with Gasteiger partial charge in [-0.25, -0.2) is 0 Å². The van der Waals surface area contributed by atoms with E-state index in [0.29, 0.717) is 0 Å². The summed E-state index contributed by atoms with van der Waals surface area (Å²) in [6.45, 7) is 0. The van der Waals surface area contributed by atoms with Gasteiger partial charge in [0.15, 0.2) is 0 Å². The van der Waals surface area contributed by atoms with Gasteiger partial charge in [-0.05, 0) is 0 Å². The zero-order valence-electron chi connectivity index (χ0n) is 10.7. The van der Waals surface area contributed by atoms with Crippen LogP contribution in [-0.4, -0.2) is 0 Å². The molecule has 0 atom stereocenters. The average molecular weight is 364 g/mol. The molecule has 12 nitrogen and oxygen atoms in total. The Morgan fingerprint density at radius 1 is 0.444 bits per heavy atom. The third-order valence-electron chi connectivity index (χ3n) is 0. The van der Waals surface area contributed by atoms with E-state index in [2.05, 4.69) is 0 Å². The monoisotopic (exact) mass is 364 g/mol. The molecule has 0 unspecified atom stereocenters. The molecule has 0 saturated carbocycles. The Hall–Kier alpha value is 1.44. The third-order valence-corrected chi connectivity index (χ3v) is 0. The fourth-order valence-electron chi connectivity index (χ4n) is 0. The van der Waals surface area contributed by atoms with Crippen LogP contribution in [0.2, 0.25) is 0 Å². The molecule has 0 saturated heterocycles. The Morgan fingerprint density at radius 3 is 0.444 bits per heavy atom. The minimum Gasteiger partial charge on any atom is -0.744 e. The first kappa shape index (κ1) is 36.6. The molecule has 0 aromatic heterocycles. The van der Waals surface area contributed by atoms with Crippen LogP contribution in [0, 0.1) is 0 Å². The zero-order valence-corrected chi connectivity index (χ0v) is 16.3. The molecule has 0 spiro atoms. The van der Waals surface area contributed by atoms with Crippen molar-refractivity contribution in [1.82, 2.24) is 0 Å². The van der Waals surface area contributed by atoms with Crippen LogP contribution in [0.25, 0.3) is 0 Å². The van der Waals surface area contributed by atoms with Gasteiger partial charge in [0, 0.05) is 0 Å². The van der Waals surface area contributed by atoms with Crippen molar-refractivity contribution in [3.63, 3.8) is 0 Å². The van der Waals surface area contributed by atoms with E-state index in [-0.39, 0.29) is 62.0 Å². The molecule has 0 rings (SSSR count). The quantitative estimate of drug-likeness (QED) is 0.288. The van der Waals surface area contributed by atoms with Crippen molar-refractivity contribution < 1.29 is 118 Å². The third kappa shape index (κ3) is 2270. The van der Waals surface area contributed by atoms with E-state index < -0.39 is 31.6 Å². The van der Waals surface area contributed by atoms with Gasteiger partial charge in [0.1, 0.15) is 0 Å². The number of hydrogen-bond donors (Lipinski definition) is 0. The Morgan fingerprint density at radius 2 is 0.444 bits per heavy atom. The van der Waals surface area contributed by atoms with Gasteiger partial charge in [-0.3, -0.25) is 36.5 Å². The Kier molecular flexibility index (Phi) is 63.1. The van der Waals surface area contributed by atoms with Gasteiger partial charge in [0.05, 0.1) is 0 Å². The van der Waals surface area contributed by atoms with Crippen LogP contribution in [0.5, 0.6) is 0 Å². The van der Waals surface area contributed by atoms with Crippen molar-refractivity contribution in [3.8, 4) is 0 Å². The number of hydrogen-bond acceptors (Lipinski definition) is 12. The summed E-state index contributed by atoms with van der Waals surface area (Å²) < 4.78 is 67.9. The molecule has 0 aliphatic rings. The van der Waals surface area contributed by atoms with Crippen LogP contribution in [0.15, 0.2) is 0 Å². The largest absolute Gasteiger partial charge is 1.00 e. The van der Waals surface area contributed by atoms with E-state index in [1.165, 1.54) is 0 Å². The molecule has 0 amide bonds. The minimum absolute atomic E-state index is 0. The first-order valence-electron chi connectivity index (χ1n) is 2.19. The topological polar surface area (TPSA) is 229 Å². The summed E-state index contributed by atoms with van der Waals surface area (Å²) >= 11 is 0. The molecule has 0 radical (unpaired) electrons. The SMILES string of the molecule is O=P(=O)[O-].O=P(=O)[O-].O=P(=O)[O-].O=P(=O)[O-].[H+].[H+].[Na+].[Na+]. The summed E-state index contributed by atoms with van der Waals surface area (Å²) in [5.74, 6) is 0. The summed E-state index contributed by atoms with van der Waals surface area (Å²) in [5, 5.41) is 0. The predicted molar refractivity (Wildman–Crippen MR) is 35.4 cm³/mol. The van der Waals surface area contributed by atoms with E-state index in [9.17, 15) is 0 Å². The van der Waals surface area contributed by atoms with Crippen LogP contribution in [0.1, 0.15) is 2.85 Å². The fourth-order valence-corrected chi connectivity index (χ4v) is 0. The molecule has 0 aliphatic heterocycles. The maximum Gasteiger partial charge on any atom is 1.00 e. The molecule has 0 heterocycles. The van der Waals surface area contributed by atoms with Crippen molar-refractivity contribution in [2.45, 2.75) is 0 Å². The summed E-state index contributed by atoms with van der Waals surface area (Å²) in [6, 6.07) is 0. The van der Waals surface area contributed by atoms with Crippen molar-refractivity contribution >= 4 is 31.6 Å². The van der Waals surface area contributed by atoms with Crippen LogP contribution >= 0.6 is 31.6 Å². The van der Waals surface area contributed by atoms with E-state index in [4.69, 9.17) is 56.1 Å². The van der Waals surface area contributed by atoms with Crippen LogP contribution in [0.4, 0.5) is 0 Å². The Bertz CT molecular complexity index is 305. The van der Waals surface area contributed by atoms with Crippen molar-refractivity contribution in [2.75, 3.05) is 0 Å². The normalized spacial score (nSPS) is 5.56. The van der Waals surface area contributed by atoms with Gasteiger partial charge in [0.25, 0.3) is 0 Å². The van der Waals surface area contributed by atoms with Gasteiger partial charge < -0.3 is 19.6 Å². The molecule has 0 aromatic rings. The van der Waals surface area contributed by atoms with Crippen molar-refractivity contribution in [3.05, 3.63) is 0 Å². The molecule has 0 N–H and O–H groups in total. The van der Waals surface area contributed by atoms with E-state index >= 15 is 0 Å². The molecule has 0 aromatic carbocycles. The molecule has 18 heavy (non-hydrogen) atoms. The maximum absolute atomic E-state index is 8.48. The summed E-state index contributed by atoms with van der Waals surface area (Å²) in [6.07, 6.45) is 0. The Balaban J connectivity index is -0.0000000150. The second-order valence-electron chi connectivity index (χ2n) is 0.894. The molecular formula is H2Na2O12P4. The van der Waals surface area contributed by atoms with Gasteiger partial charge in [-0.15, -0.1) is 0 Å². The molecule has 96 valence electrons. The van der Waals surface area contributed by atoms with Crippen molar-refractivity contribution in [2.24, 2.45) is 0 Å². The smallest absolute Gasteiger partial charge is 0.744 e. The van der Waals surface area contributed by atoms with Gasteiger partial charge in [0.2, 0.25) is 31.6 Å². The fraction of sp³-hybridized carbons (Fsp3) is 0.